The summed E-state index contributed by atoms with van der Waals surface area (Å²) in [6, 6.07) is 16.2. The van der Waals surface area contributed by atoms with E-state index in [9.17, 15) is 4.79 Å². The van der Waals surface area contributed by atoms with Crippen LogP contribution in [0.3, 0.4) is 0 Å². The van der Waals surface area contributed by atoms with E-state index in [4.69, 9.17) is 14.3 Å². The molecule has 5 nitrogen and oxygen atoms in total. The van der Waals surface area contributed by atoms with Gasteiger partial charge in [-0.05, 0) is 61.2 Å². The molecule has 3 aromatic rings. The van der Waals surface area contributed by atoms with Crippen LogP contribution in [0.1, 0.15) is 34.5 Å². The first-order chi connectivity index (χ1) is 13.1. The van der Waals surface area contributed by atoms with Crippen molar-refractivity contribution in [1.29, 1.82) is 0 Å². The Hall–Kier alpha value is -2.79. The zero-order valence-electron chi connectivity index (χ0n) is 15.4. The van der Waals surface area contributed by atoms with Crippen molar-refractivity contribution in [3.8, 4) is 5.75 Å². The molecular weight excluding hydrogens is 342 g/mol. The molecule has 27 heavy (non-hydrogen) atoms. The van der Waals surface area contributed by atoms with Crippen LogP contribution in [0.4, 0.5) is 0 Å². The Morgan fingerprint density at radius 3 is 2.93 bits per heavy atom. The molecule has 0 radical (unpaired) electrons. The number of fused-ring (bicyclic) bond motifs is 1. The number of furan rings is 1. The molecule has 0 bridgehead atoms. The Bertz CT molecular complexity index is 962. The lowest BCUT2D eigenvalue weighted by Crippen LogP contribution is -2.30. The van der Waals surface area contributed by atoms with Crippen molar-refractivity contribution in [3.05, 3.63) is 65.4 Å². The Balaban J connectivity index is 1.51. The summed E-state index contributed by atoms with van der Waals surface area (Å²) in [6.07, 6.45) is 3.34. The minimum atomic E-state index is -1.04. The third kappa shape index (κ3) is 3.69. The monoisotopic (exact) mass is 365 g/mol. The summed E-state index contributed by atoms with van der Waals surface area (Å²) in [4.78, 5) is 13.6. The molecule has 1 aliphatic heterocycles. The van der Waals surface area contributed by atoms with Gasteiger partial charge in [-0.2, -0.15) is 0 Å². The van der Waals surface area contributed by atoms with Gasteiger partial charge < -0.3 is 14.3 Å². The lowest BCUT2D eigenvalue weighted by molar-refractivity contribution is 0.0665. The highest BCUT2D eigenvalue weighted by Gasteiger charge is 2.25. The Morgan fingerprint density at radius 2 is 2.11 bits per heavy atom. The lowest BCUT2D eigenvalue weighted by atomic mass is 10.0. The van der Waals surface area contributed by atoms with Crippen LogP contribution in [0.2, 0.25) is 0 Å². The van der Waals surface area contributed by atoms with E-state index in [-0.39, 0.29) is 5.76 Å². The van der Waals surface area contributed by atoms with Crippen LogP contribution in [0.25, 0.3) is 11.0 Å². The van der Waals surface area contributed by atoms with Crippen LogP contribution in [-0.2, 0) is 13.0 Å². The van der Waals surface area contributed by atoms with Crippen molar-refractivity contribution in [2.45, 2.75) is 31.8 Å². The van der Waals surface area contributed by atoms with E-state index in [0.717, 1.165) is 30.6 Å². The van der Waals surface area contributed by atoms with Crippen molar-refractivity contribution >= 4 is 16.9 Å². The maximum atomic E-state index is 11.1. The first-order valence-corrected chi connectivity index (χ1v) is 9.26. The van der Waals surface area contributed by atoms with E-state index in [2.05, 4.69) is 17.0 Å². The number of para-hydroxylation sites is 1. The van der Waals surface area contributed by atoms with Crippen molar-refractivity contribution in [3.63, 3.8) is 0 Å². The number of ether oxygens (including phenoxy) is 1. The molecule has 1 aromatic heterocycles. The molecule has 5 heteroatoms. The van der Waals surface area contributed by atoms with Crippen molar-refractivity contribution in [2.24, 2.45) is 0 Å². The first-order valence-electron chi connectivity index (χ1n) is 9.26. The predicted octanol–water partition coefficient (Wildman–Crippen LogP) is 4.35. The Morgan fingerprint density at radius 1 is 1.26 bits per heavy atom. The molecule has 1 aliphatic rings. The van der Waals surface area contributed by atoms with Crippen LogP contribution in [0, 0.1) is 0 Å². The second-order valence-electron chi connectivity index (χ2n) is 7.07. The van der Waals surface area contributed by atoms with E-state index in [1.165, 1.54) is 24.0 Å². The minimum Gasteiger partial charge on any atom is -0.496 e. The minimum absolute atomic E-state index is 0.0163. The summed E-state index contributed by atoms with van der Waals surface area (Å²) in [5, 5.41) is 9.93. The predicted molar refractivity (Wildman–Crippen MR) is 103 cm³/mol. The molecule has 4 rings (SSSR count). The second kappa shape index (κ2) is 7.45. The molecule has 2 heterocycles. The van der Waals surface area contributed by atoms with Gasteiger partial charge in [0.2, 0.25) is 5.76 Å². The molecule has 2 aromatic carbocycles. The number of nitrogens with zero attached hydrogens (tertiary/aromatic N) is 1. The summed E-state index contributed by atoms with van der Waals surface area (Å²) in [7, 11) is 1.72. The zero-order valence-corrected chi connectivity index (χ0v) is 15.4. The summed E-state index contributed by atoms with van der Waals surface area (Å²) in [6.45, 7) is 1.92. The standard InChI is InChI=1S/C22H23NO4/c1-26-19-7-3-2-5-16(19)12-18-6-4-10-23(18)14-15-8-9-20-17(11-15)13-21(27-20)22(24)25/h2-3,5,7-9,11,13,18H,4,6,10,12,14H2,1H3,(H,24,25). The number of rotatable bonds is 6. The van der Waals surface area contributed by atoms with E-state index in [1.807, 2.05) is 30.3 Å². The number of carbonyl (C=O) groups is 1. The van der Waals surface area contributed by atoms with Gasteiger partial charge in [0, 0.05) is 18.0 Å². The highest BCUT2D eigenvalue weighted by molar-refractivity contribution is 5.91. The quantitative estimate of drug-likeness (QED) is 0.704. The molecule has 0 aliphatic carbocycles. The van der Waals surface area contributed by atoms with Crippen LogP contribution in [0.5, 0.6) is 5.75 Å². The van der Waals surface area contributed by atoms with Gasteiger partial charge in [-0.15, -0.1) is 0 Å². The number of hydrogen-bond donors (Lipinski definition) is 1. The SMILES string of the molecule is COc1ccccc1CC1CCCN1Cc1ccc2oc(C(=O)O)cc2c1. The summed E-state index contributed by atoms with van der Waals surface area (Å²) in [5.41, 5.74) is 3.03. The van der Waals surface area contributed by atoms with Gasteiger partial charge in [0.25, 0.3) is 0 Å². The first kappa shape index (κ1) is 17.6. The van der Waals surface area contributed by atoms with Gasteiger partial charge in [-0.1, -0.05) is 24.3 Å². The lowest BCUT2D eigenvalue weighted by Gasteiger charge is -2.25. The number of aromatic carboxylic acids is 1. The third-order valence-corrected chi connectivity index (χ3v) is 5.32. The van der Waals surface area contributed by atoms with Crippen molar-refractivity contribution < 1.29 is 19.1 Å². The van der Waals surface area contributed by atoms with E-state index >= 15 is 0 Å². The molecule has 1 atom stereocenters. The fourth-order valence-electron chi connectivity index (χ4n) is 3.99. The molecule has 0 spiro atoms. The van der Waals surface area contributed by atoms with Gasteiger partial charge in [-0.3, -0.25) is 4.90 Å². The van der Waals surface area contributed by atoms with E-state index < -0.39 is 5.97 Å². The smallest absolute Gasteiger partial charge is 0.371 e. The third-order valence-electron chi connectivity index (χ3n) is 5.32. The van der Waals surface area contributed by atoms with Crippen molar-refractivity contribution in [1.82, 2.24) is 4.90 Å². The zero-order chi connectivity index (χ0) is 18.8. The molecule has 140 valence electrons. The number of carboxylic acid groups (broad SMARTS) is 1. The van der Waals surface area contributed by atoms with Crippen LogP contribution < -0.4 is 4.74 Å². The molecule has 1 N–H and O–H groups in total. The van der Waals surface area contributed by atoms with Gasteiger partial charge in [-0.25, -0.2) is 4.79 Å². The van der Waals surface area contributed by atoms with Crippen LogP contribution >= 0.6 is 0 Å². The van der Waals surface area contributed by atoms with Crippen molar-refractivity contribution in [2.75, 3.05) is 13.7 Å². The highest BCUT2D eigenvalue weighted by atomic mass is 16.5. The molecule has 1 saturated heterocycles. The van der Waals surface area contributed by atoms with Gasteiger partial charge >= 0.3 is 5.97 Å². The number of methoxy groups -OCH3 is 1. The fourth-order valence-corrected chi connectivity index (χ4v) is 3.99. The van der Waals surface area contributed by atoms with E-state index in [0.29, 0.717) is 11.6 Å². The Labute approximate surface area is 158 Å². The van der Waals surface area contributed by atoms with Crippen LogP contribution in [0.15, 0.2) is 52.9 Å². The van der Waals surface area contributed by atoms with Crippen LogP contribution in [-0.4, -0.2) is 35.7 Å². The average molecular weight is 365 g/mol. The van der Waals surface area contributed by atoms with E-state index in [1.54, 1.807) is 13.2 Å². The summed E-state index contributed by atoms with van der Waals surface area (Å²) in [5.74, 6) is -0.105. The van der Waals surface area contributed by atoms with Gasteiger partial charge in [0.1, 0.15) is 11.3 Å². The largest absolute Gasteiger partial charge is 0.496 e. The summed E-state index contributed by atoms with van der Waals surface area (Å²) >= 11 is 0. The van der Waals surface area contributed by atoms with Gasteiger partial charge in [0.05, 0.1) is 7.11 Å². The normalized spacial score (nSPS) is 17.4. The highest BCUT2D eigenvalue weighted by Crippen LogP contribution is 2.28. The Kier molecular flexibility index (Phi) is 4.86. The van der Waals surface area contributed by atoms with Gasteiger partial charge in [0.15, 0.2) is 0 Å². The molecule has 0 amide bonds. The number of carboxylic acids is 1. The number of benzene rings is 2. The molecule has 0 saturated carbocycles. The maximum Gasteiger partial charge on any atom is 0.371 e. The molecular formula is C22H23NO4. The average Bonchev–Trinajstić information content (AvgIpc) is 3.29. The number of hydrogen-bond acceptors (Lipinski definition) is 4. The summed E-state index contributed by atoms with van der Waals surface area (Å²) < 4.78 is 10.9. The molecule has 1 fully saturated rings. The second-order valence-corrected chi connectivity index (χ2v) is 7.07. The topological polar surface area (TPSA) is 62.9 Å². The maximum absolute atomic E-state index is 11.1. The molecule has 1 unspecified atom stereocenters. The number of likely N-dealkylation sites (tertiary alicyclic amines) is 1. The fraction of sp³-hybridized carbons (Fsp3) is 0.318.